The van der Waals surface area contributed by atoms with Crippen LogP contribution in [0.2, 0.25) is 5.02 Å². The zero-order valence-electron chi connectivity index (χ0n) is 21.1. The monoisotopic (exact) mass is 525 g/mol. The Bertz CT molecular complexity index is 1710. The van der Waals surface area contributed by atoms with Crippen LogP contribution in [-0.2, 0) is 6.54 Å². The lowest BCUT2D eigenvalue weighted by atomic mass is 9.85. The number of nitrogens with zero attached hydrogens (tertiary/aromatic N) is 4. The average molecular weight is 526 g/mol. The molecule has 0 saturated heterocycles. The lowest BCUT2D eigenvalue weighted by Gasteiger charge is -2.29. The largest absolute Gasteiger partial charge is 0.349 e. The second-order valence-electron chi connectivity index (χ2n) is 10.1. The van der Waals surface area contributed by atoms with E-state index >= 15 is 0 Å². The Balaban J connectivity index is 1.23. The zero-order chi connectivity index (χ0) is 26.2. The topological polar surface area (TPSA) is 81.8 Å². The number of hydrogen-bond donors (Lipinski definition) is 1. The van der Waals surface area contributed by atoms with E-state index in [0.717, 1.165) is 53.2 Å². The Kier molecular flexibility index (Phi) is 6.45. The van der Waals surface area contributed by atoms with E-state index in [1.54, 1.807) is 18.5 Å². The Morgan fingerprint density at radius 1 is 1.03 bits per heavy atom. The third-order valence-electron chi connectivity index (χ3n) is 7.66. The highest BCUT2D eigenvalue weighted by molar-refractivity contribution is 6.30. The molecule has 0 unspecified atom stereocenters. The van der Waals surface area contributed by atoms with Gasteiger partial charge >= 0.3 is 5.69 Å². The average Bonchev–Trinajstić information content (AvgIpc) is 3.21. The molecule has 2 aromatic carbocycles. The first-order valence-electron chi connectivity index (χ1n) is 13.0. The summed E-state index contributed by atoms with van der Waals surface area (Å²) in [5.74, 6) is 0.219. The SMILES string of the molecule is Cc1ncc(Cl)cc1C(=O)NC1CCC(Cn2c(=O)n(-c3cccc4cnccc34)c3ccccc32)CC1. The minimum atomic E-state index is -0.134. The first kappa shape index (κ1) is 24.4. The summed E-state index contributed by atoms with van der Waals surface area (Å²) in [5, 5.41) is 5.60. The fourth-order valence-corrected chi connectivity index (χ4v) is 5.82. The summed E-state index contributed by atoms with van der Waals surface area (Å²) < 4.78 is 3.74. The number of carbonyl (C=O) groups excluding carboxylic acids is 1. The van der Waals surface area contributed by atoms with E-state index in [1.807, 2.05) is 70.8 Å². The number of aromatic nitrogens is 4. The second kappa shape index (κ2) is 10.1. The summed E-state index contributed by atoms with van der Waals surface area (Å²) in [6.07, 6.45) is 8.74. The molecule has 0 spiro atoms. The number of aryl methyl sites for hydroxylation is 1. The molecule has 0 bridgehead atoms. The molecule has 192 valence electrons. The minimum Gasteiger partial charge on any atom is -0.349 e. The predicted octanol–water partition coefficient (Wildman–Crippen LogP) is 5.69. The van der Waals surface area contributed by atoms with Crippen LogP contribution in [0.15, 0.2) is 78.0 Å². The van der Waals surface area contributed by atoms with Gasteiger partial charge in [-0.2, -0.15) is 0 Å². The third kappa shape index (κ3) is 4.47. The molecule has 7 nitrogen and oxygen atoms in total. The van der Waals surface area contributed by atoms with Gasteiger partial charge in [-0.05, 0) is 68.9 Å². The predicted molar refractivity (Wildman–Crippen MR) is 150 cm³/mol. The van der Waals surface area contributed by atoms with E-state index in [-0.39, 0.29) is 17.6 Å². The Morgan fingerprint density at radius 2 is 1.82 bits per heavy atom. The van der Waals surface area contributed by atoms with Crippen LogP contribution in [0.25, 0.3) is 27.5 Å². The van der Waals surface area contributed by atoms with E-state index in [9.17, 15) is 9.59 Å². The maximum atomic E-state index is 13.9. The van der Waals surface area contributed by atoms with Gasteiger partial charge in [0, 0.05) is 41.9 Å². The van der Waals surface area contributed by atoms with Crippen LogP contribution in [0.4, 0.5) is 0 Å². The highest BCUT2D eigenvalue weighted by Gasteiger charge is 2.26. The van der Waals surface area contributed by atoms with E-state index in [4.69, 9.17) is 11.6 Å². The summed E-state index contributed by atoms with van der Waals surface area (Å²) in [4.78, 5) is 35.1. The van der Waals surface area contributed by atoms with Gasteiger partial charge in [-0.25, -0.2) is 4.79 Å². The van der Waals surface area contributed by atoms with Crippen molar-refractivity contribution in [2.75, 3.05) is 0 Å². The number of amides is 1. The molecule has 1 amide bonds. The van der Waals surface area contributed by atoms with Gasteiger partial charge in [-0.15, -0.1) is 0 Å². The van der Waals surface area contributed by atoms with E-state index < -0.39 is 0 Å². The molecule has 3 aromatic heterocycles. The lowest BCUT2D eigenvalue weighted by molar-refractivity contribution is 0.0919. The van der Waals surface area contributed by atoms with Gasteiger partial charge in [0.1, 0.15) is 0 Å². The van der Waals surface area contributed by atoms with Gasteiger partial charge in [0.2, 0.25) is 0 Å². The number of hydrogen-bond acceptors (Lipinski definition) is 4. The Hall–Kier alpha value is -3.97. The van der Waals surface area contributed by atoms with Crippen molar-refractivity contribution < 1.29 is 4.79 Å². The fraction of sp³-hybridized carbons (Fsp3) is 0.267. The standard InChI is InChI=1S/C30H28ClN5O2/c1-19-25(15-22(31)17-33-19)29(37)34-23-11-9-20(10-12-23)18-35-27-6-2-3-7-28(27)36(30(35)38)26-8-4-5-21-16-32-14-13-24(21)26/h2-8,13-17,20,23H,9-12,18H2,1H3,(H,34,37). The molecule has 1 saturated carbocycles. The molecule has 38 heavy (non-hydrogen) atoms. The number of fused-ring (bicyclic) bond motifs is 2. The molecule has 0 aliphatic heterocycles. The smallest absolute Gasteiger partial charge is 0.333 e. The summed E-state index contributed by atoms with van der Waals surface area (Å²) >= 11 is 6.05. The van der Waals surface area contributed by atoms with Crippen LogP contribution in [0.5, 0.6) is 0 Å². The molecular weight excluding hydrogens is 498 g/mol. The first-order chi connectivity index (χ1) is 18.5. The molecule has 0 radical (unpaired) electrons. The Morgan fingerprint density at radius 3 is 2.63 bits per heavy atom. The molecule has 1 aliphatic carbocycles. The normalized spacial score (nSPS) is 17.6. The number of pyridine rings is 2. The quantitative estimate of drug-likeness (QED) is 0.320. The van der Waals surface area contributed by atoms with Crippen LogP contribution in [0, 0.1) is 12.8 Å². The van der Waals surface area contributed by atoms with Crippen molar-refractivity contribution in [2.24, 2.45) is 5.92 Å². The summed E-state index contributed by atoms with van der Waals surface area (Å²) in [6, 6.07) is 17.7. The van der Waals surface area contributed by atoms with Gasteiger partial charge in [-0.3, -0.25) is 23.9 Å². The molecule has 3 heterocycles. The second-order valence-corrected chi connectivity index (χ2v) is 10.5. The molecule has 1 fully saturated rings. The van der Waals surface area contributed by atoms with Crippen molar-refractivity contribution in [3.05, 3.63) is 100.0 Å². The number of benzene rings is 2. The molecule has 8 heteroatoms. The Labute approximate surface area is 225 Å². The molecular formula is C30H28ClN5O2. The van der Waals surface area contributed by atoms with Gasteiger partial charge in [-0.1, -0.05) is 35.9 Å². The summed E-state index contributed by atoms with van der Waals surface area (Å²) in [6.45, 7) is 2.46. The van der Waals surface area contributed by atoms with Gasteiger partial charge < -0.3 is 5.32 Å². The molecule has 1 N–H and O–H groups in total. The van der Waals surface area contributed by atoms with Crippen molar-refractivity contribution in [2.45, 2.75) is 45.2 Å². The van der Waals surface area contributed by atoms with Crippen LogP contribution < -0.4 is 11.0 Å². The van der Waals surface area contributed by atoms with Crippen LogP contribution in [0.3, 0.4) is 0 Å². The van der Waals surface area contributed by atoms with E-state index in [2.05, 4.69) is 15.3 Å². The maximum Gasteiger partial charge on any atom is 0.333 e. The minimum absolute atomic E-state index is 0.0325. The van der Waals surface area contributed by atoms with Crippen LogP contribution >= 0.6 is 11.6 Å². The van der Waals surface area contributed by atoms with Gasteiger partial charge in [0.05, 0.1) is 33.0 Å². The van der Waals surface area contributed by atoms with E-state index in [1.165, 1.54) is 0 Å². The maximum absolute atomic E-state index is 13.9. The van der Waals surface area contributed by atoms with Gasteiger partial charge in [0.15, 0.2) is 0 Å². The van der Waals surface area contributed by atoms with Gasteiger partial charge in [0.25, 0.3) is 5.91 Å². The van der Waals surface area contributed by atoms with Crippen molar-refractivity contribution >= 4 is 39.3 Å². The van der Waals surface area contributed by atoms with Crippen molar-refractivity contribution in [3.8, 4) is 5.69 Å². The van der Waals surface area contributed by atoms with Crippen molar-refractivity contribution in [1.29, 1.82) is 0 Å². The number of carbonyl (C=O) groups is 1. The number of rotatable bonds is 5. The first-order valence-corrected chi connectivity index (χ1v) is 13.3. The molecule has 1 aliphatic rings. The highest BCUT2D eigenvalue weighted by atomic mass is 35.5. The van der Waals surface area contributed by atoms with Crippen molar-refractivity contribution in [3.63, 3.8) is 0 Å². The number of para-hydroxylation sites is 2. The highest BCUT2D eigenvalue weighted by Crippen LogP contribution is 2.29. The zero-order valence-corrected chi connectivity index (χ0v) is 21.9. The molecule has 6 rings (SSSR count). The fourth-order valence-electron chi connectivity index (χ4n) is 5.67. The number of imidazole rings is 1. The molecule has 5 aromatic rings. The number of halogens is 1. The van der Waals surface area contributed by atoms with E-state index in [0.29, 0.717) is 28.7 Å². The van der Waals surface area contributed by atoms with Crippen molar-refractivity contribution in [1.82, 2.24) is 24.4 Å². The third-order valence-corrected chi connectivity index (χ3v) is 7.86. The van der Waals surface area contributed by atoms with Crippen LogP contribution in [0.1, 0.15) is 41.7 Å². The summed E-state index contributed by atoms with van der Waals surface area (Å²) in [5.41, 5.74) is 3.84. The van der Waals surface area contributed by atoms with Crippen LogP contribution in [-0.4, -0.2) is 31.1 Å². The number of nitrogens with one attached hydrogen (secondary N) is 1. The summed E-state index contributed by atoms with van der Waals surface area (Å²) in [7, 11) is 0. The molecule has 0 atom stereocenters. The lowest BCUT2D eigenvalue weighted by Crippen LogP contribution is -2.39.